The monoisotopic (exact) mass is 226 g/mol. The molecule has 1 aliphatic rings. The van der Waals surface area contributed by atoms with Gasteiger partial charge in [-0.05, 0) is 25.7 Å². The van der Waals surface area contributed by atoms with Crippen molar-refractivity contribution in [2.45, 2.75) is 77.9 Å². The molecule has 0 aromatic heterocycles. The van der Waals surface area contributed by atoms with Crippen molar-refractivity contribution in [3.05, 3.63) is 0 Å². The summed E-state index contributed by atoms with van der Waals surface area (Å²) in [6.45, 7) is 11.7. The summed E-state index contributed by atoms with van der Waals surface area (Å²) >= 11 is 0. The van der Waals surface area contributed by atoms with Gasteiger partial charge in [0.05, 0.1) is 0 Å². The number of nitrogens with one attached hydrogen (secondary N) is 1. The number of rotatable bonds is 6. The fraction of sp³-hybridized carbons (Fsp3) is 1.00. The average molecular weight is 226 g/mol. The summed E-state index contributed by atoms with van der Waals surface area (Å²) in [4.78, 5) is 2.77. The lowest BCUT2D eigenvalue weighted by Gasteiger charge is -2.44. The first kappa shape index (κ1) is 14.0. The van der Waals surface area contributed by atoms with Crippen molar-refractivity contribution in [1.82, 2.24) is 10.2 Å². The molecule has 0 aromatic carbocycles. The molecule has 2 unspecified atom stereocenters. The van der Waals surface area contributed by atoms with Gasteiger partial charge in [-0.1, -0.05) is 34.1 Å². The Morgan fingerprint density at radius 3 is 2.38 bits per heavy atom. The van der Waals surface area contributed by atoms with Gasteiger partial charge in [0.15, 0.2) is 0 Å². The van der Waals surface area contributed by atoms with E-state index in [-0.39, 0.29) is 0 Å². The van der Waals surface area contributed by atoms with Gasteiger partial charge in [0, 0.05) is 31.2 Å². The number of piperazine rings is 1. The fourth-order valence-electron chi connectivity index (χ4n) is 3.01. The third kappa shape index (κ3) is 3.46. The van der Waals surface area contributed by atoms with Crippen LogP contribution >= 0.6 is 0 Å². The van der Waals surface area contributed by atoms with Crippen LogP contribution in [0.2, 0.25) is 0 Å². The Morgan fingerprint density at radius 2 is 1.88 bits per heavy atom. The maximum Gasteiger partial charge on any atom is 0.0221 e. The molecule has 2 heteroatoms. The largest absolute Gasteiger partial charge is 0.311 e. The molecule has 0 spiro atoms. The van der Waals surface area contributed by atoms with Gasteiger partial charge in [-0.25, -0.2) is 0 Å². The van der Waals surface area contributed by atoms with E-state index >= 15 is 0 Å². The van der Waals surface area contributed by atoms with Gasteiger partial charge in [0.1, 0.15) is 0 Å². The lowest BCUT2D eigenvalue weighted by molar-refractivity contribution is 0.0719. The van der Waals surface area contributed by atoms with Crippen molar-refractivity contribution in [3.8, 4) is 0 Å². The highest BCUT2D eigenvalue weighted by Crippen LogP contribution is 2.19. The van der Waals surface area contributed by atoms with Crippen molar-refractivity contribution >= 4 is 0 Å². The van der Waals surface area contributed by atoms with Crippen molar-refractivity contribution in [2.75, 3.05) is 13.1 Å². The minimum absolute atomic E-state index is 0.730. The maximum atomic E-state index is 3.71. The molecule has 0 saturated carbocycles. The van der Waals surface area contributed by atoms with Crippen LogP contribution in [0.3, 0.4) is 0 Å². The van der Waals surface area contributed by atoms with E-state index in [4.69, 9.17) is 0 Å². The van der Waals surface area contributed by atoms with E-state index in [0.717, 1.165) is 18.1 Å². The van der Waals surface area contributed by atoms with Crippen LogP contribution in [0.1, 0.15) is 59.8 Å². The number of hydrogen-bond donors (Lipinski definition) is 1. The molecular weight excluding hydrogens is 196 g/mol. The molecule has 1 heterocycles. The Morgan fingerprint density at radius 1 is 1.19 bits per heavy atom. The minimum atomic E-state index is 0.730. The van der Waals surface area contributed by atoms with Crippen LogP contribution in [0.4, 0.5) is 0 Å². The predicted molar refractivity (Wildman–Crippen MR) is 71.9 cm³/mol. The summed E-state index contributed by atoms with van der Waals surface area (Å²) in [5.41, 5.74) is 0. The summed E-state index contributed by atoms with van der Waals surface area (Å²) in [5.74, 6) is 0. The molecular formula is C14H30N2. The lowest BCUT2D eigenvalue weighted by Crippen LogP contribution is -2.59. The van der Waals surface area contributed by atoms with E-state index < -0.39 is 0 Å². The van der Waals surface area contributed by atoms with Gasteiger partial charge in [-0.15, -0.1) is 0 Å². The van der Waals surface area contributed by atoms with Gasteiger partial charge in [0.2, 0.25) is 0 Å². The first-order valence-electron chi connectivity index (χ1n) is 7.25. The summed E-state index contributed by atoms with van der Waals surface area (Å²) < 4.78 is 0. The third-order valence-corrected chi connectivity index (χ3v) is 4.06. The first-order chi connectivity index (χ1) is 7.76. The zero-order chi connectivity index (χ0) is 12.0. The number of nitrogens with zero attached hydrogens (tertiary/aromatic N) is 1. The fourth-order valence-corrected chi connectivity index (χ4v) is 3.01. The van der Waals surface area contributed by atoms with E-state index in [1.807, 2.05) is 0 Å². The molecule has 1 saturated heterocycles. The van der Waals surface area contributed by atoms with Crippen LogP contribution in [0, 0.1) is 0 Å². The normalized spacial score (nSPS) is 27.6. The van der Waals surface area contributed by atoms with E-state index in [1.54, 1.807) is 0 Å². The molecule has 1 aliphatic heterocycles. The molecule has 96 valence electrons. The van der Waals surface area contributed by atoms with Gasteiger partial charge >= 0.3 is 0 Å². The van der Waals surface area contributed by atoms with E-state index in [2.05, 4.69) is 37.9 Å². The van der Waals surface area contributed by atoms with Gasteiger partial charge in [-0.3, -0.25) is 4.90 Å². The SMILES string of the molecule is CCCC1CN(C(CC)CC)C(CC)CN1. The molecule has 1 fully saturated rings. The van der Waals surface area contributed by atoms with Gasteiger partial charge in [0.25, 0.3) is 0 Å². The third-order valence-electron chi connectivity index (χ3n) is 4.06. The summed E-state index contributed by atoms with van der Waals surface area (Å²) in [5, 5.41) is 3.71. The second kappa shape index (κ2) is 7.29. The highest BCUT2D eigenvalue weighted by Gasteiger charge is 2.29. The minimum Gasteiger partial charge on any atom is -0.311 e. The standard InChI is InChI=1S/C14H30N2/c1-5-9-12-11-16(13(6-2)7-3)14(8-4)10-15-12/h12-15H,5-11H2,1-4H3. The van der Waals surface area contributed by atoms with Crippen LogP contribution in [0.5, 0.6) is 0 Å². The molecule has 0 amide bonds. The zero-order valence-corrected chi connectivity index (χ0v) is 11.6. The first-order valence-corrected chi connectivity index (χ1v) is 7.25. The number of hydrogen-bond acceptors (Lipinski definition) is 2. The molecule has 0 radical (unpaired) electrons. The Kier molecular flexibility index (Phi) is 6.37. The van der Waals surface area contributed by atoms with Crippen LogP contribution in [-0.2, 0) is 0 Å². The lowest BCUT2D eigenvalue weighted by atomic mass is 9.99. The summed E-state index contributed by atoms with van der Waals surface area (Å²) in [7, 11) is 0. The Balaban J connectivity index is 2.59. The zero-order valence-electron chi connectivity index (χ0n) is 11.6. The van der Waals surface area contributed by atoms with Crippen molar-refractivity contribution < 1.29 is 0 Å². The quantitative estimate of drug-likeness (QED) is 0.749. The van der Waals surface area contributed by atoms with Crippen molar-refractivity contribution in [3.63, 3.8) is 0 Å². The van der Waals surface area contributed by atoms with E-state index in [1.165, 1.54) is 45.2 Å². The Bertz CT molecular complexity index is 170. The average Bonchev–Trinajstić information content (AvgIpc) is 2.31. The molecule has 0 bridgehead atoms. The second-order valence-electron chi connectivity index (χ2n) is 5.12. The Hall–Kier alpha value is -0.0800. The van der Waals surface area contributed by atoms with Crippen LogP contribution in [0.25, 0.3) is 0 Å². The molecule has 2 atom stereocenters. The van der Waals surface area contributed by atoms with Crippen molar-refractivity contribution in [2.24, 2.45) is 0 Å². The highest BCUT2D eigenvalue weighted by atomic mass is 15.3. The second-order valence-corrected chi connectivity index (χ2v) is 5.12. The van der Waals surface area contributed by atoms with Crippen LogP contribution in [0.15, 0.2) is 0 Å². The Labute approximate surface area is 102 Å². The van der Waals surface area contributed by atoms with E-state index in [9.17, 15) is 0 Å². The maximum absolute atomic E-state index is 3.71. The van der Waals surface area contributed by atoms with Crippen molar-refractivity contribution in [1.29, 1.82) is 0 Å². The van der Waals surface area contributed by atoms with Gasteiger partial charge < -0.3 is 5.32 Å². The predicted octanol–water partition coefficient (Wildman–Crippen LogP) is 3.03. The molecule has 0 aliphatic carbocycles. The molecule has 2 nitrogen and oxygen atoms in total. The summed E-state index contributed by atoms with van der Waals surface area (Å²) in [6, 6.07) is 2.29. The highest BCUT2D eigenvalue weighted by molar-refractivity contribution is 4.88. The molecule has 1 N–H and O–H groups in total. The molecule has 1 rings (SSSR count). The molecule has 16 heavy (non-hydrogen) atoms. The van der Waals surface area contributed by atoms with Crippen LogP contribution in [-0.4, -0.2) is 36.1 Å². The van der Waals surface area contributed by atoms with E-state index in [0.29, 0.717) is 0 Å². The van der Waals surface area contributed by atoms with Crippen LogP contribution < -0.4 is 5.32 Å². The summed E-state index contributed by atoms with van der Waals surface area (Å²) in [6.07, 6.45) is 6.50. The topological polar surface area (TPSA) is 15.3 Å². The smallest absolute Gasteiger partial charge is 0.0221 e. The van der Waals surface area contributed by atoms with Gasteiger partial charge in [-0.2, -0.15) is 0 Å². The molecule has 0 aromatic rings.